The van der Waals surface area contributed by atoms with Crippen LogP contribution in [0.3, 0.4) is 0 Å². The van der Waals surface area contributed by atoms with Gasteiger partial charge in [0.25, 0.3) is 6.43 Å². The minimum absolute atomic E-state index is 0.145. The molecule has 19 heavy (non-hydrogen) atoms. The lowest BCUT2D eigenvalue weighted by atomic mass is 10.1. The number of nitrogens with zero attached hydrogens (tertiary/aromatic N) is 1. The zero-order valence-electron chi connectivity index (χ0n) is 9.39. The van der Waals surface area contributed by atoms with Crippen LogP contribution < -0.4 is 0 Å². The molecule has 1 heterocycles. The minimum atomic E-state index is -4.79. The molecule has 0 aromatic carbocycles. The maximum Gasteiger partial charge on any atom is 0.418 e. The van der Waals surface area contributed by atoms with Gasteiger partial charge in [-0.25, -0.2) is 13.6 Å². The summed E-state index contributed by atoms with van der Waals surface area (Å²) in [5.41, 5.74) is -3.11. The van der Waals surface area contributed by atoms with Gasteiger partial charge < -0.3 is 4.74 Å². The fraction of sp³-hybridized carbons (Fsp3) is 0.400. The van der Waals surface area contributed by atoms with Crippen LogP contribution in [0.1, 0.15) is 35.0 Å². The van der Waals surface area contributed by atoms with Crippen molar-refractivity contribution in [2.24, 2.45) is 0 Å². The minimum Gasteiger partial charge on any atom is -0.462 e. The number of hydrogen-bond donors (Lipinski definition) is 0. The Morgan fingerprint density at radius 2 is 2.05 bits per heavy atom. The highest BCUT2D eigenvalue weighted by Crippen LogP contribution is 2.36. The summed E-state index contributed by atoms with van der Waals surface area (Å²) in [6.45, 7) is 1.27. The van der Waals surface area contributed by atoms with Crippen molar-refractivity contribution in [3.05, 3.63) is 26.6 Å². The smallest absolute Gasteiger partial charge is 0.418 e. The largest absolute Gasteiger partial charge is 0.462 e. The number of ether oxygens (including phenoxy) is 1. The molecule has 106 valence electrons. The highest BCUT2D eigenvalue weighted by atomic mass is 127. The van der Waals surface area contributed by atoms with Crippen molar-refractivity contribution in [1.82, 2.24) is 4.98 Å². The van der Waals surface area contributed by atoms with E-state index in [1.807, 2.05) is 0 Å². The van der Waals surface area contributed by atoms with Gasteiger partial charge in [-0.15, -0.1) is 0 Å². The molecule has 1 rings (SSSR count). The van der Waals surface area contributed by atoms with Gasteiger partial charge in [0.1, 0.15) is 11.3 Å². The van der Waals surface area contributed by atoms with E-state index in [0.717, 1.165) is 0 Å². The van der Waals surface area contributed by atoms with Gasteiger partial charge in [-0.05, 0) is 29.5 Å². The van der Waals surface area contributed by atoms with Crippen LogP contribution in [0.2, 0.25) is 0 Å². The first-order valence-corrected chi connectivity index (χ1v) is 5.98. The van der Waals surface area contributed by atoms with Crippen molar-refractivity contribution in [3.63, 3.8) is 0 Å². The second kappa shape index (κ2) is 5.97. The number of hydrogen-bond acceptors (Lipinski definition) is 3. The first kappa shape index (κ1) is 16.1. The maximum absolute atomic E-state index is 12.7. The molecule has 0 saturated carbocycles. The second-order valence-electron chi connectivity index (χ2n) is 3.27. The second-order valence-corrected chi connectivity index (χ2v) is 4.34. The molecule has 9 heteroatoms. The standard InChI is InChI=1S/C10H7F5INO2/c1-2-19-9(18)5-6(16)4(10(13,14)15)3-17-7(5)8(11)12/h3,8H,2H2,1H3. The van der Waals surface area contributed by atoms with Gasteiger partial charge in [0.2, 0.25) is 0 Å². The van der Waals surface area contributed by atoms with E-state index in [9.17, 15) is 26.7 Å². The Morgan fingerprint density at radius 1 is 1.47 bits per heavy atom. The quantitative estimate of drug-likeness (QED) is 0.444. The molecule has 0 amide bonds. The molecule has 0 spiro atoms. The van der Waals surface area contributed by atoms with Crippen LogP contribution in [0, 0.1) is 3.57 Å². The summed E-state index contributed by atoms with van der Waals surface area (Å²) in [5.74, 6) is -1.25. The number of aromatic nitrogens is 1. The summed E-state index contributed by atoms with van der Waals surface area (Å²) in [5, 5.41) is 0. The highest BCUT2D eigenvalue weighted by molar-refractivity contribution is 14.1. The van der Waals surface area contributed by atoms with Crippen molar-refractivity contribution < 1.29 is 31.5 Å². The summed E-state index contributed by atoms with van der Waals surface area (Å²) in [7, 11) is 0. The molecule has 0 unspecified atom stereocenters. The molecular formula is C10H7F5INO2. The molecule has 0 N–H and O–H groups in total. The zero-order valence-corrected chi connectivity index (χ0v) is 11.6. The van der Waals surface area contributed by atoms with Crippen molar-refractivity contribution in [1.29, 1.82) is 0 Å². The Balaban J connectivity index is 3.49. The predicted molar refractivity (Wildman–Crippen MR) is 62.9 cm³/mol. The number of esters is 1. The average molecular weight is 395 g/mol. The Labute approximate surface area is 118 Å². The predicted octanol–water partition coefficient (Wildman–Crippen LogP) is 3.82. The van der Waals surface area contributed by atoms with Crippen LogP contribution >= 0.6 is 22.6 Å². The number of alkyl halides is 5. The molecule has 3 nitrogen and oxygen atoms in total. The van der Waals surface area contributed by atoms with E-state index in [-0.39, 0.29) is 12.8 Å². The van der Waals surface area contributed by atoms with Gasteiger partial charge in [0.15, 0.2) is 0 Å². The zero-order chi connectivity index (χ0) is 14.8. The molecule has 1 aromatic heterocycles. The molecule has 0 aliphatic carbocycles. The summed E-state index contributed by atoms with van der Waals surface area (Å²) in [4.78, 5) is 14.5. The lowest BCUT2D eigenvalue weighted by Crippen LogP contribution is -2.18. The molecule has 0 saturated heterocycles. The lowest BCUT2D eigenvalue weighted by molar-refractivity contribution is -0.138. The summed E-state index contributed by atoms with van der Waals surface area (Å²) < 4.78 is 67.1. The van der Waals surface area contributed by atoms with Crippen LogP contribution in [0.25, 0.3) is 0 Å². The van der Waals surface area contributed by atoms with Gasteiger partial charge in [-0.2, -0.15) is 13.2 Å². The third kappa shape index (κ3) is 3.51. The van der Waals surface area contributed by atoms with E-state index in [4.69, 9.17) is 0 Å². The Bertz CT molecular complexity index is 490. The molecule has 0 aliphatic rings. The van der Waals surface area contributed by atoms with Crippen LogP contribution in [-0.4, -0.2) is 17.6 Å². The average Bonchev–Trinajstić information content (AvgIpc) is 2.26. The van der Waals surface area contributed by atoms with Crippen LogP contribution in [-0.2, 0) is 10.9 Å². The van der Waals surface area contributed by atoms with Gasteiger partial charge >= 0.3 is 12.1 Å². The van der Waals surface area contributed by atoms with Crippen LogP contribution in [0.4, 0.5) is 22.0 Å². The molecule has 0 atom stereocenters. The topological polar surface area (TPSA) is 39.2 Å². The third-order valence-corrected chi connectivity index (χ3v) is 3.16. The van der Waals surface area contributed by atoms with Crippen molar-refractivity contribution in [2.45, 2.75) is 19.5 Å². The molecule has 0 bridgehead atoms. The number of carbonyl (C=O) groups is 1. The van der Waals surface area contributed by atoms with Crippen LogP contribution in [0.5, 0.6) is 0 Å². The first-order valence-electron chi connectivity index (χ1n) is 4.91. The van der Waals surface area contributed by atoms with Gasteiger partial charge in [0, 0.05) is 9.77 Å². The first-order chi connectivity index (χ1) is 8.70. The Morgan fingerprint density at radius 3 is 2.47 bits per heavy atom. The molecule has 0 aliphatic heterocycles. The third-order valence-electron chi connectivity index (χ3n) is 2.04. The maximum atomic E-state index is 12.7. The summed E-state index contributed by atoms with van der Waals surface area (Å²) in [6, 6.07) is 0. The molecular weight excluding hydrogens is 388 g/mol. The van der Waals surface area contributed by atoms with E-state index in [1.54, 1.807) is 0 Å². The normalized spacial score (nSPS) is 11.8. The molecule has 1 aromatic rings. The number of pyridine rings is 1. The summed E-state index contributed by atoms with van der Waals surface area (Å²) in [6.07, 6.45) is -7.67. The Kier molecular flexibility index (Phi) is 5.04. The van der Waals surface area contributed by atoms with Gasteiger partial charge in [-0.3, -0.25) is 4.98 Å². The number of carbonyl (C=O) groups excluding carboxylic acids is 1. The van der Waals surface area contributed by atoms with Crippen molar-refractivity contribution in [2.75, 3.05) is 6.61 Å². The van der Waals surface area contributed by atoms with E-state index in [0.29, 0.717) is 0 Å². The van der Waals surface area contributed by atoms with Crippen molar-refractivity contribution >= 4 is 28.6 Å². The highest BCUT2D eigenvalue weighted by Gasteiger charge is 2.37. The molecule has 0 radical (unpaired) electrons. The fourth-order valence-electron chi connectivity index (χ4n) is 1.26. The van der Waals surface area contributed by atoms with Gasteiger partial charge in [-0.1, -0.05) is 0 Å². The molecule has 0 fully saturated rings. The SMILES string of the molecule is CCOC(=O)c1c(C(F)F)ncc(C(F)(F)F)c1I. The monoisotopic (exact) mass is 395 g/mol. The van der Waals surface area contributed by atoms with E-state index < -0.39 is 39.0 Å². The Hall–Kier alpha value is -1.00. The summed E-state index contributed by atoms with van der Waals surface area (Å²) >= 11 is 1.19. The van der Waals surface area contributed by atoms with Crippen molar-refractivity contribution in [3.8, 4) is 0 Å². The number of halogens is 6. The fourth-order valence-corrected chi connectivity index (χ4v) is 2.20. The van der Waals surface area contributed by atoms with E-state index in [2.05, 4.69) is 9.72 Å². The van der Waals surface area contributed by atoms with E-state index in [1.165, 1.54) is 29.5 Å². The van der Waals surface area contributed by atoms with Gasteiger partial charge in [0.05, 0.1) is 12.2 Å². The number of rotatable bonds is 3. The van der Waals surface area contributed by atoms with E-state index >= 15 is 0 Å². The van der Waals surface area contributed by atoms with Crippen LogP contribution in [0.15, 0.2) is 6.20 Å². The lowest BCUT2D eigenvalue weighted by Gasteiger charge is -2.14.